The van der Waals surface area contributed by atoms with Gasteiger partial charge >= 0.3 is 0 Å². The van der Waals surface area contributed by atoms with Gasteiger partial charge in [0.1, 0.15) is 18.2 Å². The third kappa shape index (κ3) is 4.98. The van der Waals surface area contributed by atoms with Crippen LogP contribution in [-0.4, -0.2) is 45.4 Å². The summed E-state index contributed by atoms with van der Waals surface area (Å²) < 4.78 is 15.0. The maximum absolute atomic E-state index is 13.1. The van der Waals surface area contributed by atoms with E-state index in [-0.39, 0.29) is 30.2 Å². The molecule has 0 bridgehead atoms. The number of hydrogen-bond acceptors (Lipinski definition) is 3. The lowest BCUT2D eigenvalue weighted by Gasteiger charge is -2.33. The Hall–Kier alpha value is -3.22. The molecule has 0 spiro atoms. The Morgan fingerprint density at radius 1 is 1.12 bits per heavy atom. The first-order valence-electron chi connectivity index (χ1n) is 11.3. The molecule has 0 saturated carbocycles. The molecule has 4 rings (SSSR count). The minimum Gasteiger partial charge on any atom is -0.352 e. The van der Waals surface area contributed by atoms with Crippen LogP contribution in [0.1, 0.15) is 48.8 Å². The molecule has 1 unspecified atom stereocenters. The Morgan fingerprint density at radius 2 is 1.91 bits per heavy atom. The molecule has 0 radical (unpaired) electrons. The summed E-state index contributed by atoms with van der Waals surface area (Å²) in [6, 6.07) is 13.6. The molecule has 2 aromatic carbocycles. The number of carbonyl (C=O) groups excluding carboxylic acids is 2. The van der Waals surface area contributed by atoms with E-state index in [0.717, 1.165) is 36.2 Å². The first kappa shape index (κ1) is 22.0. The van der Waals surface area contributed by atoms with Gasteiger partial charge in [-0.05, 0) is 69.0 Å². The largest absolute Gasteiger partial charge is 0.352 e. The lowest BCUT2D eigenvalue weighted by molar-refractivity contribution is -0.135. The Kier molecular flexibility index (Phi) is 6.83. The summed E-state index contributed by atoms with van der Waals surface area (Å²) in [5, 5.41) is 2.87. The van der Waals surface area contributed by atoms with Gasteiger partial charge in [-0.25, -0.2) is 9.37 Å². The van der Waals surface area contributed by atoms with E-state index in [1.807, 2.05) is 33.7 Å². The van der Waals surface area contributed by atoms with Crippen LogP contribution in [-0.2, 0) is 17.8 Å². The monoisotopic (exact) mass is 436 g/mol. The number of aryl methyl sites for hydroxylation is 1. The van der Waals surface area contributed by atoms with Crippen molar-refractivity contribution in [3.8, 4) is 0 Å². The van der Waals surface area contributed by atoms with Crippen LogP contribution in [0.4, 0.5) is 4.39 Å². The van der Waals surface area contributed by atoms with Crippen molar-refractivity contribution < 1.29 is 14.0 Å². The molecule has 1 saturated heterocycles. The van der Waals surface area contributed by atoms with Crippen LogP contribution in [0.2, 0.25) is 0 Å². The fourth-order valence-corrected chi connectivity index (χ4v) is 4.34. The molecule has 1 fully saturated rings. The number of nitrogens with zero attached hydrogens (tertiary/aromatic N) is 3. The number of benzene rings is 2. The van der Waals surface area contributed by atoms with E-state index in [0.29, 0.717) is 24.9 Å². The fraction of sp³-hybridized carbons (Fsp3) is 0.400. The molecule has 7 heteroatoms. The van der Waals surface area contributed by atoms with Crippen molar-refractivity contribution in [3.63, 3.8) is 0 Å². The highest BCUT2D eigenvalue weighted by Crippen LogP contribution is 2.20. The molecule has 2 amide bonds. The summed E-state index contributed by atoms with van der Waals surface area (Å²) in [6.45, 7) is 3.68. The Bertz CT molecular complexity index is 1090. The molecule has 1 aromatic heterocycles. The highest BCUT2D eigenvalue weighted by atomic mass is 19.1. The van der Waals surface area contributed by atoms with Crippen molar-refractivity contribution in [2.45, 2.75) is 51.6 Å². The van der Waals surface area contributed by atoms with Gasteiger partial charge in [-0.2, -0.15) is 0 Å². The summed E-state index contributed by atoms with van der Waals surface area (Å²) in [4.78, 5) is 32.0. The van der Waals surface area contributed by atoms with Gasteiger partial charge in [0.05, 0.1) is 11.0 Å². The summed E-state index contributed by atoms with van der Waals surface area (Å²) in [5.74, 6) is 0.383. The molecule has 6 nitrogen and oxygen atoms in total. The topological polar surface area (TPSA) is 67.2 Å². The van der Waals surface area contributed by atoms with Crippen LogP contribution in [0.3, 0.4) is 0 Å². The predicted octanol–water partition coefficient (Wildman–Crippen LogP) is 3.94. The first-order chi connectivity index (χ1) is 15.5. The van der Waals surface area contributed by atoms with Crippen LogP contribution in [0.15, 0.2) is 48.5 Å². The van der Waals surface area contributed by atoms with E-state index in [2.05, 4.69) is 12.2 Å². The number of imidazole rings is 1. The number of aromatic nitrogens is 2. The van der Waals surface area contributed by atoms with Crippen molar-refractivity contribution >= 4 is 22.8 Å². The number of piperidine rings is 1. The first-order valence-corrected chi connectivity index (χ1v) is 11.3. The molecule has 1 aliphatic rings. The Morgan fingerprint density at radius 3 is 2.69 bits per heavy atom. The van der Waals surface area contributed by atoms with Gasteiger partial charge in [0.25, 0.3) is 5.91 Å². The molecule has 1 N–H and O–H groups in total. The minimum atomic E-state index is -0.367. The van der Waals surface area contributed by atoms with Crippen LogP contribution >= 0.6 is 0 Å². The zero-order chi connectivity index (χ0) is 22.5. The summed E-state index contributed by atoms with van der Waals surface area (Å²) in [6.07, 6.45) is 4.61. The highest BCUT2D eigenvalue weighted by Gasteiger charge is 2.24. The van der Waals surface area contributed by atoms with Crippen molar-refractivity contribution in [1.82, 2.24) is 19.8 Å². The van der Waals surface area contributed by atoms with Gasteiger partial charge < -0.3 is 14.8 Å². The maximum Gasteiger partial charge on any atom is 0.251 e. The quantitative estimate of drug-likeness (QED) is 0.571. The van der Waals surface area contributed by atoms with Crippen molar-refractivity contribution in [1.29, 1.82) is 0 Å². The lowest BCUT2D eigenvalue weighted by atomic mass is 10.0. The smallest absolute Gasteiger partial charge is 0.251 e. The predicted molar refractivity (Wildman–Crippen MR) is 122 cm³/mol. The Balaban J connectivity index is 1.41. The van der Waals surface area contributed by atoms with Crippen LogP contribution in [0.25, 0.3) is 11.0 Å². The number of carbonyl (C=O) groups is 2. The SMILES string of the molecule is CC1CCCCN1C(=O)Cn1c(CCCNC(=O)c2ccc(F)cc2)nc2ccccc21. The van der Waals surface area contributed by atoms with E-state index in [1.54, 1.807) is 0 Å². The maximum atomic E-state index is 13.1. The second-order valence-corrected chi connectivity index (χ2v) is 8.40. The van der Waals surface area contributed by atoms with Crippen molar-refractivity contribution in [2.24, 2.45) is 0 Å². The van der Waals surface area contributed by atoms with E-state index < -0.39 is 0 Å². The molecular formula is C25H29FN4O2. The standard InChI is InChI=1S/C25H29FN4O2/c1-18-7-4-5-16-29(18)24(31)17-30-22-9-3-2-8-21(22)28-23(30)10-6-15-27-25(32)19-11-13-20(26)14-12-19/h2-3,8-9,11-14,18H,4-7,10,15-17H2,1H3,(H,27,32). The van der Waals surface area contributed by atoms with Crippen molar-refractivity contribution in [2.75, 3.05) is 13.1 Å². The average Bonchev–Trinajstić information content (AvgIpc) is 3.14. The number of likely N-dealkylation sites (tertiary alicyclic amines) is 1. The zero-order valence-corrected chi connectivity index (χ0v) is 18.4. The van der Waals surface area contributed by atoms with Crippen LogP contribution in [0, 0.1) is 5.82 Å². The fourth-order valence-electron chi connectivity index (χ4n) is 4.34. The number of amides is 2. The third-order valence-electron chi connectivity index (χ3n) is 6.12. The van der Waals surface area contributed by atoms with E-state index in [1.165, 1.54) is 30.7 Å². The van der Waals surface area contributed by atoms with Gasteiger partial charge in [-0.1, -0.05) is 12.1 Å². The number of fused-ring (bicyclic) bond motifs is 1. The van der Waals surface area contributed by atoms with Crippen LogP contribution < -0.4 is 5.32 Å². The molecular weight excluding hydrogens is 407 g/mol. The third-order valence-corrected chi connectivity index (χ3v) is 6.12. The molecule has 1 aliphatic heterocycles. The molecule has 3 aromatic rings. The van der Waals surface area contributed by atoms with Crippen LogP contribution in [0.5, 0.6) is 0 Å². The molecule has 2 heterocycles. The van der Waals surface area contributed by atoms with E-state index >= 15 is 0 Å². The highest BCUT2D eigenvalue weighted by molar-refractivity contribution is 5.94. The molecule has 168 valence electrons. The normalized spacial score (nSPS) is 16.3. The van der Waals surface area contributed by atoms with E-state index in [9.17, 15) is 14.0 Å². The lowest BCUT2D eigenvalue weighted by Crippen LogP contribution is -2.43. The number of nitrogens with one attached hydrogen (secondary N) is 1. The van der Waals surface area contributed by atoms with Gasteiger partial charge in [-0.15, -0.1) is 0 Å². The summed E-state index contributed by atoms with van der Waals surface area (Å²) in [5.41, 5.74) is 2.26. The molecule has 32 heavy (non-hydrogen) atoms. The van der Waals surface area contributed by atoms with Gasteiger partial charge in [0, 0.05) is 31.1 Å². The van der Waals surface area contributed by atoms with E-state index in [4.69, 9.17) is 4.98 Å². The summed E-state index contributed by atoms with van der Waals surface area (Å²) >= 11 is 0. The Labute approximate surface area is 187 Å². The second-order valence-electron chi connectivity index (χ2n) is 8.40. The second kappa shape index (κ2) is 9.94. The zero-order valence-electron chi connectivity index (χ0n) is 18.4. The van der Waals surface area contributed by atoms with Gasteiger partial charge in [0.15, 0.2) is 0 Å². The number of halogens is 1. The molecule has 1 atom stereocenters. The summed E-state index contributed by atoms with van der Waals surface area (Å²) in [7, 11) is 0. The van der Waals surface area contributed by atoms with Gasteiger partial charge in [-0.3, -0.25) is 9.59 Å². The number of para-hydroxylation sites is 2. The van der Waals surface area contributed by atoms with Crippen molar-refractivity contribution in [3.05, 3.63) is 65.7 Å². The minimum absolute atomic E-state index is 0.131. The average molecular weight is 437 g/mol. The number of hydrogen-bond donors (Lipinski definition) is 1. The number of rotatable bonds is 7. The van der Waals surface area contributed by atoms with Gasteiger partial charge in [0.2, 0.25) is 5.91 Å². The molecule has 0 aliphatic carbocycles.